The highest BCUT2D eigenvalue weighted by atomic mass is 19.1. The smallest absolute Gasteiger partial charge is 0.340 e. The molecule has 86 valence electrons. The van der Waals surface area contributed by atoms with Crippen molar-refractivity contribution in [3.05, 3.63) is 39.4 Å². The number of benzene rings is 1. The van der Waals surface area contributed by atoms with Crippen molar-refractivity contribution in [2.24, 2.45) is 0 Å². The second kappa shape index (κ2) is 4.65. The van der Waals surface area contributed by atoms with Gasteiger partial charge in [0.2, 0.25) is 11.6 Å². The van der Waals surface area contributed by atoms with Crippen molar-refractivity contribution in [1.29, 1.82) is 0 Å². The van der Waals surface area contributed by atoms with Crippen molar-refractivity contribution >= 4 is 11.7 Å². The van der Waals surface area contributed by atoms with Crippen molar-refractivity contribution in [3.8, 4) is 0 Å². The van der Waals surface area contributed by atoms with Crippen LogP contribution in [0, 0.1) is 21.7 Å². The Balaban J connectivity index is 3.10. The van der Waals surface area contributed by atoms with Crippen LogP contribution in [-0.2, 0) is 16.0 Å². The molecule has 0 N–H and O–H groups in total. The molecule has 0 radical (unpaired) electrons. The van der Waals surface area contributed by atoms with Crippen LogP contribution in [0.2, 0.25) is 0 Å². The molecular weight excluding hydrogens is 224 g/mol. The maximum absolute atomic E-state index is 13.1. The van der Waals surface area contributed by atoms with Gasteiger partial charge in [0.05, 0.1) is 18.5 Å². The van der Waals surface area contributed by atoms with Gasteiger partial charge in [-0.25, -0.2) is 0 Å². The number of nitro benzene ring substituents is 1. The molecule has 0 unspecified atom stereocenters. The molecule has 0 bridgehead atoms. The fourth-order valence-electron chi connectivity index (χ4n) is 1.13. The summed E-state index contributed by atoms with van der Waals surface area (Å²) < 4.78 is 30.5. The third-order valence-corrected chi connectivity index (χ3v) is 1.84. The molecule has 0 aliphatic carbocycles. The summed E-state index contributed by atoms with van der Waals surface area (Å²) in [5.41, 5.74) is -1.25. The zero-order valence-electron chi connectivity index (χ0n) is 8.20. The SMILES string of the molecule is COC(=O)Cc1cc(F)c([N+](=O)[O-])c(F)c1. The van der Waals surface area contributed by atoms with Crippen LogP contribution in [0.3, 0.4) is 0 Å². The third kappa shape index (κ3) is 2.50. The van der Waals surface area contributed by atoms with Gasteiger partial charge in [-0.3, -0.25) is 14.9 Å². The van der Waals surface area contributed by atoms with Gasteiger partial charge in [0, 0.05) is 0 Å². The van der Waals surface area contributed by atoms with Crippen molar-refractivity contribution < 1.29 is 23.2 Å². The lowest BCUT2D eigenvalue weighted by Gasteiger charge is -2.01. The van der Waals surface area contributed by atoms with E-state index in [1.54, 1.807) is 0 Å². The topological polar surface area (TPSA) is 69.4 Å². The first-order valence-corrected chi connectivity index (χ1v) is 4.15. The minimum Gasteiger partial charge on any atom is -0.469 e. The Labute approximate surface area is 88.8 Å². The lowest BCUT2D eigenvalue weighted by atomic mass is 10.1. The molecule has 1 aromatic carbocycles. The summed E-state index contributed by atoms with van der Waals surface area (Å²) in [5, 5.41) is 10.3. The maximum atomic E-state index is 13.1. The minimum atomic E-state index is -1.32. The minimum absolute atomic E-state index is 0.0209. The summed E-state index contributed by atoms with van der Waals surface area (Å²) >= 11 is 0. The van der Waals surface area contributed by atoms with Crippen LogP contribution in [0.15, 0.2) is 12.1 Å². The van der Waals surface area contributed by atoms with E-state index in [1.165, 1.54) is 0 Å². The molecule has 7 heteroatoms. The Morgan fingerprint density at radius 2 is 1.94 bits per heavy atom. The molecule has 0 atom stereocenters. The standard InChI is InChI=1S/C9H7F2NO4/c1-16-8(13)4-5-2-6(10)9(12(14)15)7(11)3-5/h2-3H,4H2,1H3. The molecule has 0 aliphatic heterocycles. The largest absolute Gasteiger partial charge is 0.469 e. The lowest BCUT2D eigenvalue weighted by molar-refractivity contribution is -0.390. The van der Waals surface area contributed by atoms with Gasteiger partial charge in [0.15, 0.2) is 0 Å². The molecule has 0 saturated carbocycles. The number of hydrogen-bond donors (Lipinski definition) is 0. The van der Waals surface area contributed by atoms with Crippen LogP contribution in [0.25, 0.3) is 0 Å². The van der Waals surface area contributed by atoms with E-state index in [0.29, 0.717) is 0 Å². The zero-order valence-corrected chi connectivity index (χ0v) is 8.20. The summed E-state index contributed by atoms with van der Waals surface area (Å²) in [6.45, 7) is 0. The monoisotopic (exact) mass is 231 g/mol. The normalized spacial score (nSPS) is 9.94. The van der Waals surface area contributed by atoms with E-state index in [4.69, 9.17) is 0 Å². The van der Waals surface area contributed by atoms with Gasteiger partial charge in [0.25, 0.3) is 0 Å². The Kier molecular flexibility index (Phi) is 3.49. The predicted molar refractivity (Wildman–Crippen MR) is 48.7 cm³/mol. The molecular formula is C9H7F2NO4. The van der Waals surface area contributed by atoms with E-state index < -0.39 is 28.2 Å². The van der Waals surface area contributed by atoms with Crippen LogP contribution in [-0.4, -0.2) is 18.0 Å². The summed E-state index contributed by atoms with van der Waals surface area (Å²) in [5.74, 6) is -3.32. The molecule has 1 rings (SSSR count). The first-order valence-electron chi connectivity index (χ1n) is 4.15. The van der Waals surface area contributed by atoms with E-state index in [0.717, 1.165) is 19.2 Å². The number of halogens is 2. The first kappa shape index (κ1) is 12.0. The number of carbonyl (C=O) groups is 1. The van der Waals surface area contributed by atoms with E-state index in [9.17, 15) is 23.7 Å². The number of hydrogen-bond acceptors (Lipinski definition) is 4. The molecule has 1 aromatic rings. The lowest BCUT2D eigenvalue weighted by Crippen LogP contribution is -2.06. The average Bonchev–Trinajstić information content (AvgIpc) is 2.15. The van der Waals surface area contributed by atoms with Crippen LogP contribution in [0.5, 0.6) is 0 Å². The van der Waals surface area contributed by atoms with Crippen molar-refractivity contribution in [2.75, 3.05) is 7.11 Å². The average molecular weight is 231 g/mol. The fourth-order valence-corrected chi connectivity index (χ4v) is 1.13. The van der Waals surface area contributed by atoms with E-state index in [2.05, 4.69) is 4.74 Å². The van der Waals surface area contributed by atoms with Gasteiger partial charge in [-0.05, 0) is 17.7 Å². The summed E-state index contributed by atoms with van der Waals surface area (Å²) in [6.07, 6.45) is -0.345. The molecule has 0 aliphatic rings. The Hall–Kier alpha value is -2.05. The van der Waals surface area contributed by atoms with Crippen molar-refractivity contribution in [1.82, 2.24) is 0 Å². The Morgan fingerprint density at radius 3 is 2.31 bits per heavy atom. The number of nitrogens with zero attached hydrogens (tertiary/aromatic N) is 1. The highest BCUT2D eigenvalue weighted by molar-refractivity contribution is 5.72. The molecule has 5 nitrogen and oxygen atoms in total. The van der Waals surface area contributed by atoms with E-state index in [-0.39, 0.29) is 12.0 Å². The second-order valence-corrected chi connectivity index (χ2v) is 2.92. The highest BCUT2D eigenvalue weighted by Gasteiger charge is 2.22. The predicted octanol–water partition coefficient (Wildman–Crippen LogP) is 1.59. The number of methoxy groups -OCH3 is 1. The molecule has 16 heavy (non-hydrogen) atoms. The third-order valence-electron chi connectivity index (χ3n) is 1.84. The van der Waals surface area contributed by atoms with Gasteiger partial charge in [0.1, 0.15) is 0 Å². The van der Waals surface area contributed by atoms with Crippen LogP contribution >= 0.6 is 0 Å². The first-order chi connectivity index (χ1) is 7.45. The number of ether oxygens (including phenoxy) is 1. The van der Waals surface area contributed by atoms with Gasteiger partial charge < -0.3 is 4.74 Å². The van der Waals surface area contributed by atoms with E-state index >= 15 is 0 Å². The Bertz CT molecular complexity index is 424. The molecule has 0 saturated heterocycles. The van der Waals surface area contributed by atoms with Gasteiger partial charge >= 0.3 is 11.7 Å². The van der Waals surface area contributed by atoms with Crippen LogP contribution in [0.4, 0.5) is 14.5 Å². The molecule has 0 aromatic heterocycles. The highest BCUT2D eigenvalue weighted by Crippen LogP contribution is 2.23. The Morgan fingerprint density at radius 1 is 1.44 bits per heavy atom. The molecule has 0 spiro atoms. The second-order valence-electron chi connectivity index (χ2n) is 2.92. The van der Waals surface area contributed by atoms with Crippen LogP contribution < -0.4 is 0 Å². The van der Waals surface area contributed by atoms with Gasteiger partial charge in [-0.2, -0.15) is 8.78 Å². The number of carbonyl (C=O) groups excluding carboxylic acids is 1. The zero-order chi connectivity index (χ0) is 12.3. The van der Waals surface area contributed by atoms with Crippen LogP contribution in [0.1, 0.15) is 5.56 Å². The van der Waals surface area contributed by atoms with Crippen molar-refractivity contribution in [3.63, 3.8) is 0 Å². The quantitative estimate of drug-likeness (QED) is 0.450. The number of nitro groups is 1. The molecule has 0 amide bonds. The summed E-state index contributed by atoms with van der Waals surface area (Å²) in [6, 6.07) is 1.47. The maximum Gasteiger partial charge on any atom is 0.340 e. The van der Waals surface area contributed by atoms with E-state index in [1.807, 2.05) is 0 Å². The number of esters is 1. The van der Waals surface area contributed by atoms with Gasteiger partial charge in [-0.15, -0.1) is 0 Å². The molecule has 0 fully saturated rings. The summed E-state index contributed by atoms with van der Waals surface area (Å²) in [4.78, 5) is 19.9. The summed E-state index contributed by atoms with van der Waals surface area (Å²) in [7, 11) is 1.13. The number of rotatable bonds is 3. The fraction of sp³-hybridized carbons (Fsp3) is 0.222. The molecule has 0 heterocycles. The van der Waals surface area contributed by atoms with Crippen molar-refractivity contribution in [2.45, 2.75) is 6.42 Å². The van der Waals surface area contributed by atoms with Gasteiger partial charge in [-0.1, -0.05) is 0 Å².